The standard InChI is InChI=1S/C21H20ClN3O/c1-2-25(18-9-4-3-5-10-18)21(26)17-12-13-20(24-15-17)23-14-16-8-6-7-11-19(16)22/h3-13,15H,2,14H2,1H3,(H,23,24). The van der Waals surface area contributed by atoms with Crippen molar-refractivity contribution in [2.45, 2.75) is 13.5 Å². The van der Waals surface area contributed by atoms with Crippen LogP contribution in [0.3, 0.4) is 0 Å². The molecule has 5 heteroatoms. The lowest BCUT2D eigenvalue weighted by atomic mass is 10.2. The lowest BCUT2D eigenvalue weighted by molar-refractivity contribution is 0.0988. The highest BCUT2D eigenvalue weighted by molar-refractivity contribution is 6.31. The van der Waals surface area contributed by atoms with Crippen LogP contribution in [0.4, 0.5) is 11.5 Å². The lowest BCUT2D eigenvalue weighted by Crippen LogP contribution is -2.30. The number of nitrogens with one attached hydrogen (secondary N) is 1. The van der Waals surface area contributed by atoms with Crippen LogP contribution < -0.4 is 10.2 Å². The summed E-state index contributed by atoms with van der Waals surface area (Å²) in [4.78, 5) is 18.8. The predicted octanol–water partition coefficient (Wildman–Crippen LogP) is 5.01. The zero-order chi connectivity index (χ0) is 18.4. The number of para-hydroxylation sites is 1. The lowest BCUT2D eigenvalue weighted by Gasteiger charge is -2.21. The zero-order valence-corrected chi connectivity index (χ0v) is 15.3. The van der Waals surface area contributed by atoms with E-state index in [1.807, 2.05) is 67.6 Å². The second kappa shape index (κ2) is 8.50. The highest BCUT2D eigenvalue weighted by Gasteiger charge is 2.16. The molecule has 0 atom stereocenters. The predicted molar refractivity (Wildman–Crippen MR) is 107 cm³/mol. The molecule has 0 aliphatic rings. The third-order valence-electron chi connectivity index (χ3n) is 4.06. The van der Waals surface area contributed by atoms with Crippen molar-refractivity contribution in [2.24, 2.45) is 0 Å². The molecule has 1 amide bonds. The summed E-state index contributed by atoms with van der Waals surface area (Å²) in [7, 11) is 0. The summed E-state index contributed by atoms with van der Waals surface area (Å²) < 4.78 is 0. The average Bonchev–Trinajstić information content (AvgIpc) is 2.69. The van der Waals surface area contributed by atoms with Gasteiger partial charge in [-0.3, -0.25) is 4.79 Å². The van der Waals surface area contributed by atoms with Gasteiger partial charge in [0, 0.05) is 30.0 Å². The average molecular weight is 366 g/mol. The van der Waals surface area contributed by atoms with Gasteiger partial charge >= 0.3 is 0 Å². The van der Waals surface area contributed by atoms with Crippen molar-refractivity contribution in [3.63, 3.8) is 0 Å². The molecule has 0 spiro atoms. The van der Waals surface area contributed by atoms with Crippen LogP contribution in [0.15, 0.2) is 72.9 Å². The van der Waals surface area contributed by atoms with Gasteiger partial charge in [0.1, 0.15) is 5.82 Å². The van der Waals surface area contributed by atoms with Crippen molar-refractivity contribution >= 4 is 29.0 Å². The van der Waals surface area contributed by atoms with E-state index in [0.29, 0.717) is 29.5 Å². The van der Waals surface area contributed by atoms with Crippen LogP contribution in [0.2, 0.25) is 5.02 Å². The number of benzene rings is 2. The molecule has 0 radical (unpaired) electrons. The summed E-state index contributed by atoms with van der Waals surface area (Å²) in [6, 6.07) is 20.9. The highest BCUT2D eigenvalue weighted by atomic mass is 35.5. The fraction of sp³-hybridized carbons (Fsp3) is 0.143. The monoisotopic (exact) mass is 365 g/mol. The van der Waals surface area contributed by atoms with Crippen LogP contribution in [0.5, 0.6) is 0 Å². The summed E-state index contributed by atoms with van der Waals surface area (Å²) in [5.74, 6) is 0.632. The number of rotatable bonds is 6. The summed E-state index contributed by atoms with van der Waals surface area (Å²) in [6.45, 7) is 3.12. The van der Waals surface area contributed by atoms with Crippen molar-refractivity contribution in [1.29, 1.82) is 0 Å². The minimum Gasteiger partial charge on any atom is -0.366 e. The molecule has 1 heterocycles. The van der Waals surface area contributed by atoms with Gasteiger partial charge < -0.3 is 10.2 Å². The van der Waals surface area contributed by atoms with E-state index >= 15 is 0 Å². The van der Waals surface area contributed by atoms with Crippen molar-refractivity contribution < 1.29 is 4.79 Å². The number of carbonyl (C=O) groups is 1. The van der Waals surface area contributed by atoms with E-state index in [4.69, 9.17) is 11.6 Å². The van der Waals surface area contributed by atoms with Gasteiger partial charge in [-0.05, 0) is 42.8 Å². The zero-order valence-electron chi connectivity index (χ0n) is 14.5. The quantitative estimate of drug-likeness (QED) is 0.667. The molecular weight excluding hydrogens is 346 g/mol. The van der Waals surface area contributed by atoms with Gasteiger partial charge in [-0.25, -0.2) is 4.98 Å². The Hall–Kier alpha value is -2.85. The van der Waals surface area contributed by atoms with Crippen molar-refractivity contribution in [2.75, 3.05) is 16.8 Å². The Kier molecular flexibility index (Phi) is 5.87. The molecule has 3 aromatic rings. The Morgan fingerprint density at radius 1 is 1.04 bits per heavy atom. The molecule has 4 nitrogen and oxygen atoms in total. The van der Waals surface area contributed by atoms with Gasteiger partial charge in [0.05, 0.1) is 5.56 Å². The first-order valence-corrected chi connectivity index (χ1v) is 8.87. The van der Waals surface area contributed by atoms with E-state index in [1.54, 1.807) is 17.2 Å². The Labute approximate surface area is 158 Å². The van der Waals surface area contributed by atoms with E-state index in [0.717, 1.165) is 11.3 Å². The fourth-order valence-electron chi connectivity index (χ4n) is 2.66. The molecule has 0 unspecified atom stereocenters. The van der Waals surface area contributed by atoms with Crippen LogP contribution in [-0.2, 0) is 6.54 Å². The molecule has 26 heavy (non-hydrogen) atoms. The minimum atomic E-state index is -0.0659. The van der Waals surface area contributed by atoms with Gasteiger partial charge in [0.15, 0.2) is 0 Å². The third kappa shape index (κ3) is 4.21. The van der Waals surface area contributed by atoms with Crippen molar-refractivity contribution in [3.05, 3.63) is 89.1 Å². The number of amides is 1. The van der Waals surface area contributed by atoms with Crippen LogP contribution in [0.1, 0.15) is 22.8 Å². The summed E-state index contributed by atoms with van der Waals surface area (Å²) in [5, 5.41) is 3.94. The first-order chi connectivity index (χ1) is 12.7. The first-order valence-electron chi connectivity index (χ1n) is 8.49. The van der Waals surface area contributed by atoms with E-state index in [2.05, 4.69) is 10.3 Å². The van der Waals surface area contributed by atoms with Crippen LogP contribution in [0, 0.1) is 0 Å². The van der Waals surface area contributed by atoms with Gasteiger partial charge in [-0.2, -0.15) is 0 Å². The largest absolute Gasteiger partial charge is 0.366 e. The number of anilines is 2. The number of halogens is 1. The van der Waals surface area contributed by atoms with E-state index < -0.39 is 0 Å². The molecule has 0 saturated carbocycles. The van der Waals surface area contributed by atoms with Crippen LogP contribution in [0.25, 0.3) is 0 Å². The van der Waals surface area contributed by atoms with Gasteiger partial charge in [-0.15, -0.1) is 0 Å². The topological polar surface area (TPSA) is 45.2 Å². The maximum Gasteiger partial charge on any atom is 0.259 e. The van der Waals surface area contributed by atoms with Crippen LogP contribution >= 0.6 is 11.6 Å². The maximum absolute atomic E-state index is 12.8. The first kappa shape index (κ1) is 18.0. The van der Waals surface area contributed by atoms with E-state index in [1.165, 1.54) is 0 Å². The third-order valence-corrected chi connectivity index (χ3v) is 4.43. The fourth-order valence-corrected chi connectivity index (χ4v) is 2.86. The Morgan fingerprint density at radius 3 is 2.42 bits per heavy atom. The van der Waals surface area contributed by atoms with Crippen molar-refractivity contribution in [3.8, 4) is 0 Å². The molecule has 3 rings (SSSR count). The van der Waals surface area contributed by atoms with E-state index in [-0.39, 0.29) is 5.91 Å². The molecule has 1 N–H and O–H groups in total. The molecule has 0 aliphatic heterocycles. The number of hydrogen-bond donors (Lipinski definition) is 1. The summed E-state index contributed by atoms with van der Waals surface area (Å²) >= 11 is 6.16. The van der Waals surface area contributed by atoms with Crippen molar-refractivity contribution in [1.82, 2.24) is 4.98 Å². The number of nitrogens with zero attached hydrogens (tertiary/aromatic N) is 2. The molecular formula is C21H20ClN3O. The van der Waals surface area contributed by atoms with E-state index in [9.17, 15) is 4.79 Å². The normalized spacial score (nSPS) is 10.4. The SMILES string of the molecule is CCN(C(=O)c1ccc(NCc2ccccc2Cl)nc1)c1ccccc1. The van der Waals surface area contributed by atoms with Gasteiger partial charge in [-0.1, -0.05) is 48.0 Å². The maximum atomic E-state index is 12.8. The second-order valence-electron chi connectivity index (χ2n) is 5.76. The molecule has 132 valence electrons. The number of pyridine rings is 1. The van der Waals surface area contributed by atoms with Crippen LogP contribution in [-0.4, -0.2) is 17.4 Å². The molecule has 2 aromatic carbocycles. The molecule has 0 aliphatic carbocycles. The molecule has 1 aromatic heterocycles. The van der Waals surface area contributed by atoms with Gasteiger partial charge in [0.2, 0.25) is 0 Å². The smallest absolute Gasteiger partial charge is 0.259 e. The Balaban J connectivity index is 1.68. The molecule has 0 saturated heterocycles. The highest BCUT2D eigenvalue weighted by Crippen LogP contribution is 2.18. The number of carbonyl (C=O) groups excluding carboxylic acids is 1. The summed E-state index contributed by atoms with van der Waals surface area (Å²) in [6.07, 6.45) is 1.60. The molecule has 0 fully saturated rings. The number of aromatic nitrogens is 1. The number of hydrogen-bond acceptors (Lipinski definition) is 3. The minimum absolute atomic E-state index is 0.0659. The summed E-state index contributed by atoms with van der Waals surface area (Å²) in [5.41, 5.74) is 2.43. The molecule has 0 bridgehead atoms. The Morgan fingerprint density at radius 2 is 1.77 bits per heavy atom. The Bertz CT molecular complexity index is 866. The second-order valence-corrected chi connectivity index (χ2v) is 6.17. The van der Waals surface area contributed by atoms with Gasteiger partial charge in [0.25, 0.3) is 5.91 Å².